The Bertz CT molecular complexity index is 615. The molecule has 1 aromatic heterocycles. The molecule has 0 radical (unpaired) electrons. The van der Waals surface area contributed by atoms with E-state index in [2.05, 4.69) is 9.82 Å². The van der Waals surface area contributed by atoms with Gasteiger partial charge in [0.2, 0.25) is 10.0 Å². The maximum absolute atomic E-state index is 12.3. The van der Waals surface area contributed by atoms with E-state index in [9.17, 15) is 13.2 Å². The molecule has 0 atom stereocenters. The minimum Gasteiger partial charge on any atom is -0.351 e. The number of likely N-dealkylation sites (tertiary alicyclic amines) is 1. The highest BCUT2D eigenvalue weighted by Crippen LogP contribution is 2.20. The molecular weight excluding hydrogens is 270 g/mol. The van der Waals surface area contributed by atoms with Crippen LogP contribution in [0.1, 0.15) is 11.4 Å². The summed E-state index contributed by atoms with van der Waals surface area (Å²) in [6.45, 7) is 3.95. The number of nitrogens with two attached hydrogens (primary N) is 1. The molecule has 3 N–H and O–H groups in total. The summed E-state index contributed by atoms with van der Waals surface area (Å²) in [7, 11) is -1.93. The lowest BCUT2D eigenvalue weighted by molar-refractivity contribution is 0.155. The molecule has 9 heteroatoms. The van der Waals surface area contributed by atoms with Crippen LogP contribution in [0.5, 0.6) is 0 Å². The summed E-state index contributed by atoms with van der Waals surface area (Å²) in [6, 6.07) is -0.833. The van der Waals surface area contributed by atoms with Crippen molar-refractivity contribution in [3.8, 4) is 0 Å². The van der Waals surface area contributed by atoms with Gasteiger partial charge < -0.3 is 10.6 Å². The zero-order valence-corrected chi connectivity index (χ0v) is 11.9. The minimum absolute atomic E-state index is 0.201. The number of aromatic nitrogens is 2. The van der Waals surface area contributed by atoms with Crippen LogP contribution < -0.4 is 10.5 Å². The second-order valence-electron chi connectivity index (χ2n) is 4.68. The van der Waals surface area contributed by atoms with Gasteiger partial charge in [-0.15, -0.1) is 0 Å². The van der Waals surface area contributed by atoms with E-state index in [1.165, 1.54) is 9.58 Å². The first-order valence-electron chi connectivity index (χ1n) is 5.79. The highest BCUT2D eigenvalue weighted by molar-refractivity contribution is 7.89. The van der Waals surface area contributed by atoms with Gasteiger partial charge in [-0.05, 0) is 13.8 Å². The number of primary amides is 1. The zero-order valence-electron chi connectivity index (χ0n) is 11.0. The van der Waals surface area contributed by atoms with Crippen LogP contribution in [0.15, 0.2) is 4.90 Å². The lowest BCUT2D eigenvalue weighted by Gasteiger charge is -2.37. The summed E-state index contributed by atoms with van der Waals surface area (Å²) < 4.78 is 28.6. The van der Waals surface area contributed by atoms with Crippen molar-refractivity contribution in [2.75, 3.05) is 13.1 Å². The van der Waals surface area contributed by atoms with Crippen molar-refractivity contribution in [3.63, 3.8) is 0 Å². The van der Waals surface area contributed by atoms with E-state index in [1.54, 1.807) is 20.9 Å². The Morgan fingerprint density at radius 2 is 2.00 bits per heavy atom. The van der Waals surface area contributed by atoms with Crippen molar-refractivity contribution < 1.29 is 13.2 Å². The van der Waals surface area contributed by atoms with Crippen molar-refractivity contribution >= 4 is 16.1 Å². The normalized spacial score (nSPS) is 16.5. The number of urea groups is 1. The second-order valence-corrected chi connectivity index (χ2v) is 6.34. The molecule has 2 amide bonds. The maximum atomic E-state index is 12.3. The van der Waals surface area contributed by atoms with E-state index >= 15 is 0 Å². The van der Waals surface area contributed by atoms with Crippen LogP contribution >= 0.6 is 0 Å². The first-order valence-corrected chi connectivity index (χ1v) is 7.27. The molecule has 1 aliphatic heterocycles. The number of nitrogens with one attached hydrogen (secondary N) is 1. The quantitative estimate of drug-likeness (QED) is 0.749. The first-order chi connectivity index (χ1) is 8.72. The van der Waals surface area contributed by atoms with E-state index in [1.807, 2.05) is 0 Å². The number of hydrogen-bond acceptors (Lipinski definition) is 4. The smallest absolute Gasteiger partial charge is 0.314 e. The largest absolute Gasteiger partial charge is 0.351 e. The molecule has 0 spiro atoms. The van der Waals surface area contributed by atoms with Crippen LogP contribution in [0, 0.1) is 13.8 Å². The molecule has 1 fully saturated rings. The molecule has 106 valence electrons. The molecule has 0 bridgehead atoms. The zero-order chi connectivity index (χ0) is 14.4. The topological polar surface area (TPSA) is 110 Å². The van der Waals surface area contributed by atoms with Crippen molar-refractivity contribution in [3.05, 3.63) is 11.4 Å². The van der Waals surface area contributed by atoms with Gasteiger partial charge in [-0.3, -0.25) is 4.68 Å². The van der Waals surface area contributed by atoms with E-state index in [0.29, 0.717) is 24.5 Å². The van der Waals surface area contributed by atoms with Crippen LogP contribution in [-0.4, -0.2) is 48.3 Å². The summed E-state index contributed by atoms with van der Waals surface area (Å²) in [5.41, 5.74) is 6.12. The lowest BCUT2D eigenvalue weighted by atomic mass is 10.1. The molecule has 1 aromatic rings. The summed E-state index contributed by atoms with van der Waals surface area (Å²) >= 11 is 0. The predicted octanol–water partition coefficient (Wildman–Crippen LogP) is -0.922. The van der Waals surface area contributed by atoms with Crippen molar-refractivity contribution in [2.45, 2.75) is 24.8 Å². The van der Waals surface area contributed by atoms with Gasteiger partial charge in [-0.25, -0.2) is 17.9 Å². The SMILES string of the molecule is Cc1nn(C)c(C)c1S(=O)(=O)NC1CN(C(N)=O)C1. The fraction of sp³-hybridized carbons (Fsp3) is 0.600. The fourth-order valence-corrected chi connectivity index (χ4v) is 3.81. The van der Waals surface area contributed by atoms with Gasteiger partial charge >= 0.3 is 6.03 Å². The first kappa shape index (κ1) is 13.8. The fourth-order valence-electron chi connectivity index (χ4n) is 2.15. The van der Waals surface area contributed by atoms with Crippen LogP contribution in [-0.2, 0) is 17.1 Å². The number of sulfonamides is 1. The highest BCUT2D eigenvalue weighted by Gasteiger charge is 2.34. The lowest BCUT2D eigenvalue weighted by Crippen LogP contribution is -2.62. The van der Waals surface area contributed by atoms with E-state index in [4.69, 9.17) is 5.73 Å². The maximum Gasteiger partial charge on any atom is 0.314 e. The molecule has 1 saturated heterocycles. The Kier molecular flexibility index (Phi) is 3.27. The molecule has 0 aliphatic carbocycles. The summed E-state index contributed by atoms with van der Waals surface area (Å²) in [5, 5.41) is 4.08. The van der Waals surface area contributed by atoms with Gasteiger partial charge in [0.05, 0.1) is 17.4 Å². The Morgan fingerprint density at radius 3 is 2.42 bits per heavy atom. The van der Waals surface area contributed by atoms with Crippen LogP contribution in [0.25, 0.3) is 0 Å². The molecular formula is C10H17N5O3S. The number of amides is 2. The Balaban J connectivity index is 2.14. The van der Waals surface area contributed by atoms with E-state index in [-0.39, 0.29) is 10.9 Å². The Labute approximate surface area is 111 Å². The van der Waals surface area contributed by atoms with Gasteiger partial charge in [0.1, 0.15) is 4.90 Å². The number of carbonyl (C=O) groups excluding carboxylic acids is 1. The minimum atomic E-state index is -3.62. The monoisotopic (exact) mass is 287 g/mol. The molecule has 2 heterocycles. The van der Waals surface area contributed by atoms with Crippen molar-refractivity contribution in [1.29, 1.82) is 0 Å². The van der Waals surface area contributed by atoms with Crippen molar-refractivity contribution in [1.82, 2.24) is 19.4 Å². The summed E-state index contributed by atoms with van der Waals surface area (Å²) in [6.07, 6.45) is 0. The number of hydrogen-bond donors (Lipinski definition) is 2. The number of aryl methyl sites for hydroxylation is 2. The highest BCUT2D eigenvalue weighted by atomic mass is 32.2. The van der Waals surface area contributed by atoms with E-state index in [0.717, 1.165) is 0 Å². The molecule has 0 saturated carbocycles. The average Bonchev–Trinajstić information content (AvgIpc) is 2.46. The van der Waals surface area contributed by atoms with E-state index < -0.39 is 16.1 Å². The van der Waals surface area contributed by atoms with Gasteiger partial charge in [-0.2, -0.15) is 5.10 Å². The summed E-state index contributed by atoms with van der Waals surface area (Å²) in [4.78, 5) is 12.4. The molecule has 0 unspecified atom stereocenters. The molecule has 8 nitrogen and oxygen atoms in total. The standard InChI is InChI=1S/C10H17N5O3S/c1-6-9(7(2)14(3)12-6)19(17,18)13-8-4-15(5-8)10(11)16/h8,13H,4-5H2,1-3H3,(H2,11,16). The third-order valence-corrected chi connectivity index (χ3v) is 5.00. The van der Waals surface area contributed by atoms with Gasteiger partial charge in [0.25, 0.3) is 0 Å². The van der Waals surface area contributed by atoms with Crippen LogP contribution in [0.4, 0.5) is 4.79 Å². The average molecular weight is 287 g/mol. The van der Waals surface area contributed by atoms with Crippen molar-refractivity contribution in [2.24, 2.45) is 12.8 Å². The third-order valence-electron chi connectivity index (χ3n) is 3.23. The molecule has 0 aromatic carbocycles. The predicted molar refractivity (Wildman–Crippen MR) is 67.9 cm³/mol. The third kappa shape index (κ3) is 2.43. The number of rotatable bonds is 3. The Morgan fingerprint density at radius 1 is 1.42 bits per heavy atom. The van der Waals surface area contributed by atoms with Crippen LogP contribution in [0.3, 0.4) is 0 Å². The van der Waals surface area contributed by atoms with Crippen LogP contribution in [0.2, 0.25) is 0 Å². The molecule has 2 rings (SSSR count). The molecule has 19 heavy (non-hydrogen) atoms. The van der Waals surface area contributed by atoms with Gasteiger partial charge in [-0.1, -0.05) is 0 Å². The van der Waals surface area contributed by atoms with Gasteiger partial charge in [0, 0.05) is 20.1 Å². The second kappa shape index (κ2) is 4.49. The summed E-state index contributed by atoms with van der Waals surface area (Å²) in [5.74, 6) is 0. The molecule has 1 aliphatic rings. The number of nitrogens with zero attached hydrogens (tertiary/aromatic N) is 3. The Hall–Kier alpha value is -1.61. The van der Waals surface area contributed by atoms with Gasteiger partial charge in [0.15, 0.2) is 0 Å². The number of carbonyl (C=O) groups is 1.